The second-order valence-corrected chi connectivity index (χ2v) is 4.03. The first kappa shape index (κ1) is 15.9. The minimum absolute atomic E-state index is 0.259. The largest absolute Gasteiger partial charge is 0.573 e. The zero-order valence-electron chi connectivity index (χ0n) is 10.4. The molecule has 2 rings (SSSR count). The Morgan fingerprint density at radius 2 is 1.68 bits per heavy atom. The molecule has 22 heavy (non-hydrogen) atoms. The molecule has 0 amide bonds. The monoisotopic (exact) mass is 324 g/mol. The van der Waals surface area contributed by atoms with Crippen molar-refractivity contribution in [2.24, 2.45) is 0 Å². The average Bonchev–Trinajstić information content (AvgIpc) is 2.35. The van der Waals surface area contributed by atoms with E-state index in [4.69, 9.17) is 0 Å². The van der Waals surface area contributed by atoms with E-state index in [0.29, 0.717) is 12.1 Å². The summed E-state index contributed by atoms with van der Waals surface area (Å²) >= 11 is 0. The Bertz CT molecular complexity index is 684. The molecule has 0 saturated heterocycles. The summed E-state index contributed by atoms with van der Waals surface area (Å²) in [5.74, 6) is -1.95. The van der Waals surface area contributed by atoms with E-state index in [1.54, 1.807) is 0 Å². The highest BCUT2D eigenvalue weighted by Crippen LogP contribution is 2.32. The highest BCUT2D eigenvalue weighted by Gasteiger charge is 2.33. The van der Waals surface area contributed by atoms with Crippen molar-refractivity contribution in [2.45, 2.75) is 12.5 Å². The first-order chi connectivity index (χ1) is 10.0. The molecule has 0 bridgehead atoms. The molecule has 10 heteroatoms. The average molecular weight is 324 g/mol. The predicted molar refractivity (Wildman–Crippen MR) is 60.8 cm³/mol. The summed E-state index contributed by atoms with van der Waals surface area (Å²) in [6.07, 6.45) is -8.95. The van der Waals surface area contributed by atoms with Crippen LogP contribution in [0, 0.1) is 0 Å². The predicted octanol–water partition coefficient (Wildman–Crippen LogP) is 3.77. The summed E-state index contributed by atoms with van der Waals surface area (Å²) in [6.45, 7) is 0. The number of alkyl halides is 6. The van der Waals surface area contributed by atoms with Crippen LogP contribution in [0.15, 0.2) is 30.5 Å². The Labute approximate surface area is 119 Å². The number of halogens is 6. The van der Waals surface area contributed by atoms with Crippen LogP contribution >= 0.6 is 0 Å². The lowest BCUT2D eigenvalue weighted by atomic mass is 10.2. The number of aromatic hydroxyl groups is 1. The molecule has 0 unspecified atom stereocenters. The number of phenols is 1. The van der Waals surface area contributed by atoms with Crippen molar-refractivity contribution >= 4 is 0 Å². The number of hydrogen-bond acceptors (Lipinski definition) is 4. The second kappa shape index (κ2) is 5.35. The highest BCUT2D eigenvalue weighted by molar-refractivity contribution is 5.60. The molecule has 1 aromatic carbocycles. The fourth-order valence-corrected chi connectivity index (χ4v) is 1.56. The van der Waals surface area contributed by atoms with Crippen molar-refractivity contribution in [1.29, 1.82) is 0 Å². The topological polar surface area (TPSA) is 55.2 Å². The number of nitrogens with zero attached hydrogens (tertiary/aromatic N) is 2. The van der Waals surface area contributed by atoms with Gasteiger partial charge in [0.25, 0.3) is 0 Å². The zero-order valence-corrected chi connectivity index (χ0v) is 10.4. The fraction of sp³-hybridized carbons (Fsp3) is 0.167. The van der Waals surface area contributed by atoms with Crippen LogP contribution in [0.4, 0.5) is 26.3 Å². The third-order valence-corrected chi connectivity index (χ3v) is 2.33. The van der Waals surface area contributed by atoms with Crippen LogP contribution < -0.4 is 4.74 Å². The summed E-state index contributed by atoms with van der Waals surface area (Å²) in [6, 6.07) is 2.95. The van der Waals surface area contributed by atoms with Gasteiger partial charge in [-0.25, -0.2) is 9.97 Å². The molecule has 1 aromatic heterocycles. The van der Waals surface area contributed by atoms with Crippen molar-refractivity contribution in [3.05, 3.63) is 36.2 Å². The molecule has 118 valence electrons. The Morgan fingerprint density at radius 1 is 1.00 bits per heavy atom. The number of aromatic nitrogens is 2. The summed E-state index contributed by atoms with van der Waals surface area (Å²) in [7, 11) is 0. The molecular formula is C12H6F6N2O2. The van der Waals surface area contributed by atoms with Crippen molar-refractivity contribution in [1.82, 2.24) is 9.97 Å². The molecule has 0 radical (unpaired) electrons. The molecule has 0 atom stereocenters. The Hall–Kier alpha value is -2.52. The first-order valence-corrected chi connectivity index (χ1v) is 5.55. The van der Waals surface area contributed by atoms with Crippen LogP contribution in [0.1, 0.15) is 5.69 Å². The maximum absolute atomic E-state index is 12.6. The summed E-state index contributed by atoms with van der Waals surface area (Å²) in [5.41, 5.74) is -1.52. The smallest absolute Gasteiger partial charge is 0.508 e. The summed E-state index contributed by atoms with van der Waals surface area (Å²) < 4.78 is 77.7. The van der Waals surface area contributed by atoms with Gasteiger partial charge in [0.2, 0.25) is 0 Å². The van der Waals surface area contributed by atoms with Crippen molar-refractivity contribution in [3.8, 4) is 22.9 Å². The summed E-state index contributed by atoms with van der Waals surface area (Å²) in [4.78, 5) is 6.75. The van der Waals surface area contributed by atoms with Crippen LogP contribution in [0.2, 0.25) is 0 Å². The van der Waals surface area contributed by atoms with Crippen molar-refractivity contribution in [3.63, 3.8) is 0 Å². The Morgan fingerprint density at radius 3 is 2.27 bits per heavy atom. The number of phenolic OH excluding ortho intramolecular Hbond substituents is 1. The lowest BCUT2D eigenvalue weighted by Gasteiger charge is -2.11. The van der Waals surface area contributed by atoms with Gasteiger partial charge in [0, 0.05) is 17.8 Å². The van der Waals surface area contributed by atoms with Crippen LogP contribution in [0.5, 0.6) is 11.5 Å². The Balaban J connectivity index is 2.45. The Kier molecular flexibility index (Phi) is 3.86. The molecule has 0 aliphatic rings. The maximum atomic E-state index is 12.6. The molecule has 0 aliphatic carbocycles. The highest BCUT2D eigenvalue weighted by atomic mass is 19.4. The molecule has 1 heterocycles. The lowest BCUT2D eigenvalue weighted by molar-refractivity contribution is -0.274. The van der Waals surface area contributed by atoms with Gasteiger partial charge in [-0.05, 0) is 18.2 Å². The van der Waals surface area contributed by atoms with E-state index in [2.05, 4.69) is 14.7 Å². The number of rotatable bonds is 2. The van der Waals surface area contributed by atoms with Gasteiger partial charge in [0.1, 0.15) is 17.2 Å². The van der Waals surface area contributed by atoms with Gasteiger partial charge in [-0.2, -0.15) is 13.2 Å². The molecule has 0 aliphatic heterocycles. The maximum Gasteiger partial charge on any atom is 0.573 e. The van der Waals surface area contributed by atoms with Crippen LogP contribution in [0.25, 0.3) is 11.4 Å². The van der Waals surface area contributed by atoms with Gasteiger partial charge in [0.05, 0.1) is 0 Å². The zero-order chi connectivity index (χ0) is 16.5. The molecular weight excluding hydrogens is 318 g/mol. The van der Waals surface area contributed by atoms with Gasteiger partial charge < -0.3 is 9.84 Å². The third-order valence-electron chi connectivity index (χ3n) is 2.33. The summed E-state index contributed by atoms with van der Waals surface area (Å²) in [5, 5.41) is 9.36. The van der Waals surface area contributed by atoms with E-state index in [1.165, 1.54) is 0 Å². The molecule has 4 nitrogen and oxygen atoms in total. The fourth-order valence-electron chi connectivity index (χ4n) is 1.56. The standard InChI is InChI=1S/C12H6F6N2O2/c13-11(14,15)9-1-2-19-10(20-9)6-3-7(21)5-8(4-6)22-12(16,17)18/h1-5,21H. The van der Waals surface area contributed by atoms with E-state index in [1.807, 2.05) is 0 Å². The van der Waals surface area contributed by atoms with E-state index in [0.717, 1.165) is 18.3 Å². The van der Waals surface area contributed by atoms with Gasteiger partial charge in [0.15, 0.2) is 5.82 Å². The molecule has 0 saturated carbocycles. The minimum atomic E-state index is -5.01. The SMILES string of the molecule is Oc1cc(OC(F)(F)F)cc(-c2nccc(C(F)(F)F)n2)c1. The minimum Gasteiger partial charge on any atom is -0.508 e. The van der Waals surface area contributed by atoms with Gasteiger partial charge in [-0.1, -0.05) is 0 Å². The number of hydrogen-bond donors (Lipinski definition) is 1. The number of ether oxygens (including phenoxy) is 1. The normalized spacial score (nSPS) is 12.3. The van der Waals surface area contributed by atoms with E-state index in [-0.39, 0.29) is 5.56 Å². The molecule has 1 N–H and O–H groups in total. The van der Waals surface area contributed by atoms with Gasteiger partial charge in [-0.15, -0.1) is 13.2 Å². The van der Waals surface area contributed by atoms with E-state index < -0.39 is 35.6 Å². The van der Waals surface area contributed by atoms with Crippen LogP contribution in [0.3, 0.4) is 0 Å². The quantitative estimate of drug-likeness (QED) is 0.855. The lowest BCUT2D eigenvalue weighted by Crippen LogP contribution is -2.17. The second-order valence-electron chi connectivity index (χ2n) is 4.03. The van der Waals surface area contributed by atoms with Gasteiger partial charge >= 0.3 is 12.5 Å². The van der Waals surface area contributed by atoms with Gasteiger partial charge in [-0.3, -0.25) is 0 Å². The molecule has 2 aromatic rings. The van der Waals surface area contributed by atoms with E-state index in [9.17, 15) is 31.4 Å². The van der Waals surface area contributed by atoms with E-state index >= 15 is 0 Å². The number of benzene rings is 1. The molecule has 0 fully saturated rings. The van der Waals surface area contributed by atoms with Crippen LogP contribution in [-0.2, 0) is 6.18 Å². The first-order valence-electron chi connectivity index (χ1n) is 5.55. The van der Waals surface area contributed by atoms with Crippen molar-refractivity contribution in [2.75, 3.05) is 0 Å². The third kappa shape index (κ3) is 3.99. The molecule has 0 spiro atoms. The van der Waals surface area contributed by atoms with Crippen LogP contribution in [-0.4, -0.2) is 21.4 Å². The van der Waals surface area contributed by atoms with Crippen molar-refractivity contribution < 1.29 is 36.2 Å².